The molecule has 27 heavy (non-hydrogen) atoms. The number of likely N-dealkylation sites (N-methyl/N-ethyl adjacent to an activating group) is 1. The third-order valence-corrected chi connectivity index (χ3v) is 5.71. The van der Waals surface area contributed by atoms with Gasteiger partial charge in [0.2, 0.25) is 5.91 Å². The standard InChI is InChI=1S/C20H22ClN3O2S/c1-23(2)11-12-24(17(25)13-14-7-5-4-6-8-14)20-22-18-16(26-3)10-9-15(21)19(18)27-20/h4-10H,11-13H2,1-3H3. The molecule has 0 aliphatic heterocycles. The summed E-state index contributed by atoms with van der Waals surface area (Å²) in [4.78, 5) is 21.5. The van der Waals surface area contributed by atoms with Crippen LogP contribution >= 0.6 is 22.9 Å². The van der Waals surface area contributed by atoms with E-state index in [9.17, 15) is 4.79 Å². The van der Waals surface area contributed by atoms with E-state index in [4.69, 9.17) is 16.3 Å². The maximum absolute atomic E-state index is 13.1. The molecule has 1 aromatic heterocycles. The minimum Gasteiger partial charge on any atom is -0.494 e. The summed E-state index contributed by atoms with van der Waals surface area (Å²) >= 11 is 7.76. The Morgan fingerprint density at radius 1 is 1.15 bits per heavy atom. The van der Waals surface area contributed by atoms with Gasteiger partial charge in [-0.1, -0.05) is 53.3 Å². The van der Waals surface area contributed by atoms with Gasteiger partial charge in [-0.2, -0.15) is 0 Å². The molecule has 5 nitrogen and oxygen atoms in total. The Hall–Kier alpha value is -2.15. The minimum absolute atomic E-state index is 0.0113. The molecule has 3 aromatic rings. The van der Waals surface area contributed by atoms with Crippen molar-refractivity contribution in [3.05, 3.63) is 53.1 Å². The maximum atomic E-state index is 13.1. The van der Waals surface area contributed by atoms with Gasteiger partial charge in [-0.3, -0.25) is 9.69 Å². The Morgan fingerprint density at radius 2 is 1.89 bits per heavy atom. The first kappa shape index (κ1) is 19.6. The second-order valence-corrected chi connectivity index (χ2v) is 7.82. The van der Waals surface area contributed by atoms with Crippen LogP contribution in [0.5, 0.6) is 5.75 Å². The maximum Gasteiger partial charge on any atom is 0.233 e. The van der Waals surface area contributed by atoms with Crippen molar-refractivity contribution in [2.75, 3.05) is 39.2 Å². The SMILES string of the molecule is COc1ccc(Cl)c2sc(N(CCN(C)C)C(=O)Cc3ccccc3)nc12. The largest absolute Gasteiger partial charge is 0.494 e. The van der Waals surface area contributed by atoms with Crippen LogP contribution in [0.25, 0.3) is 10.2 Å². The third-order valence-electron chi connectivity index (χ3n) is 4.17. The molecule has 1 amide bonds. The molecule has 0 aliphatic carbocycles. The van der Waals surface area contributed by atoms with Gasteiger partial charge < -0.3 is 9.64 Å². The summed E-state index contributed by atoms with van der Waals surface area (Å²) in [6.07, 6.45) is 0.328. The highest BCUT2D eigenvalue weighted by molar-refractivity contribution is 7.23. The van der Waals surface area contributed by atoms with E-state index in [0.29, 0.717) is 34.4 Å². The fourth-order valence-electron chi connectivity index (χ4n) is 2.71. The van der Waals surface area contributed by atoms with E-state index in [2.05, 4.69) is 4.98 Å². The summed E-state index contributed by atoms with van der Waals surface area (Å²) in [6.45, 7) is 1.29. The normalized spacial score (nSPS) is 11.1. The second kappa shape index (κ2) is 8.69. The van der Waals surface area contributed by atoms with E-state index in [1.165, 1.54) is 11.3 Å². The number of anilines is 1. The van der Waals surface area contributed by atoms with E-state index in [0.717, 1.165) is 16.8 Å². The zero-order valence-electron chi connectivity index (χ0n) is 15.6. The number of hydrogen-bond acceptors (Lipinski definition) is 5. The molecule has 0 fully saturated rings. The molecular weight excluding hydrogens is 382 g/mol. The first-order chi connectivity index (χ1) is 13.0. The number of methoxy groups -OCH3 is 1. The van der Waals surface area contributed by atoms with Gasteiger partial charge in [0.15, 0.2) is 5.13 Å². The van der Waals surface area contributed by atoms with E-state index in [1.54, 1.807) is 24.1 Å². The lowest BCUT2D eigenvalue weighted by Crippen LogP contribution is -2.37. The van der Waals surface area contributed by atoms with Crippen LogP contribution in [0.4, 0.5) is 5.13 Å². The minimum atomic E-state index is 0.0113. The van der Waals surface area contributed by atoms with Gasteiger partial charge in [-0.05, 0) is 31.8 Å². The molecule has 142 valence electrons. The number of ether oxygens (including phenoxy) is 1. The van der Waals surface area contributed by atoms with Crippen molar-refractivity contribution in [2.45, 2.75) is 6.42 Å². The topological polar surface area (TPSA) is 45.7 Å². The summed E-state index contributed by atoms with van der Waals surface area (Å²) in [7, 11) is 5.57. The first-order valence-electron chi connectivity index (χ1n) is 8.61. The molecule has 0 N–H and O–H groups in total. The molecule has 0 aliphatic rings. The Balaban J connectivity index is 1.96. The summed E-state index contributed by atoms with van der Waals surface area (Å²) in [5, 5.41) is 1.25. The number of hydrogen-bond donors (Lipinski definition) is 0. The van der Waals surface area contributed by atoms with E-state index in [-0.39, 0.29) is 5.91 Å². The smallest absolute Gasteiger partial charge is 0.233 e. The number of carbonyl (C=O) groups excluding carboxylic acids is 1. The van der Waals surface area contributed by atoms with E-state index in [1.807, 2.05) is 49.3 Å². The lowest BCUT2D eigenvalue weighted by atomic mass is 10.1. The number of carbonyl (C=O) groups is 1. The fourth-order valence-corrected chi connectivity index (χ4v) is 4.01. The van der Waals surface area contributed by atoms with E-state index >= 15 is 0 Å². The highest BCUT2D eigenvalue weighted by atomic mass is 35.5. The number of nitrogens with zero attached hydrogens (tertiary/aromatic N) is 3. The molecule has 0 bridgehead atoms. The van der Waals surface area contributed by atoms with Crippen molar-refractivity contribution >= 4 is 44.2 Å². The Bertz CT molecular complexity index is 928. The number of fused-ring (bicyclic) bond motifs is 1. The lowest BCUT2D eigenvalue weighted by Gasteiger charge is -2.22. The van der Waals surface area contributed by atoms with Gasteiger partial charge >= 0.3 is 0 Å². The zero-order valence-corrected chi connectivity index (χ0v) is 17.2. The van der Waals surface area contributed by atoms with Crippen LogP contribution in [0.1, 0.15) is 5.56 Å². The molecule has 0 radical (unpaired) electrons. The van der Waals surface area contributed by atoms with Crippen LogP contribution < -0.4 is 9.64 Å². The van der Waals surface area contributed by atoms with Gasteiger partial charge in [-0.25, -0.2) is 4.98 Å². The predicted molar refractivity (Wildman–Crippen MR) is 112 cm³/mol. The average Bonchev–Trinajstić information content (AvgIpc) is 3.09. The molecule has 0 spiro atoms. The monoisotopic (exact) mass is 403 g/mol. The van der Waals surface area contributed by atoms with Crippen molar-refractivity contribution in [3.8, 4) is 5.75 Å². The molecule has 0 saturated carbocycles. The summed E-state index contributed by atoms with van der Waals surface area (Å²) < 4.78 is 6.23. The van der Waals surface area contributed by atoms with Crippen LogP contribution in [0.15, 0.2) is 42.5 Å². The van der Waals surface area contributed by atoms with Gasteiger partial charge in [0.25, 0.3) is 0 Å². The number of aromatic nitrogens is 1. The van der Waals surface area contributed by atoms with Gasteiger partial charge in [0, 0.05) is 13.1 Å². The van der Waals surface area contributed by atoms with Crippen molar-refractivity contribution in [3.63, 3.8) is 0 Å². The fraction of sp³-hybridized carbons (Fsp3) is 0.300. The number of rotatable bonds is 7. The van der Waals surface area contributed by atoms with Crippen molar-refractivity contribution < 1.29 is 9.53 Å². The molecule has 7 heteroatoms. The lowest BCUT2D eigenvalue weighted by molar-refractivity contribution is -0.118. The molecule has 1 heterocycles. The molecule has 0 atom stereocenters. The van der Waals surface area contributed by atoms with Gasteiger partial charge in [0.1, 0.15) is 11.3 Å². The Morgan fingerprint density at radius 3 is 2.56 bits per heavy atom. The molecule has 2 aromatic carbocycles. The van der Waals surface area contributed by atoms with Crippen molar-refractivity contribution in [1.29, 1.82) is 0 Å². The molecular formula is C20H22ClN3O2S. The summed E-state index contributed by atoms with van der Waals surface area (Å²) in [5.41, 5.74) is 1.67. The second-order valence-electron chi connectivity index (χ2n) is 6.43. The van der Waals surface area contributed by atoms with Crippen LogP contribution in [0, 0.1) is 0 Å². The van der Waals surface area contributed by atoms with Gasteiger partial charge in [0.05, 0.1) is 23.3 Å². The van der Waals surface area contributed by atoms with Crippen LogP contribution in [-0.4, -0.2) is 50.1 Å². The number of halogens is 1. The van der Waals surface area contributed by atoms with E-state index < -0.39 is 0 Å². The van der Waals surface area contributed by atoms with Crippen LogP contribution in [-0.2, 0) is 11.2 Å². The number of benzene rings is 2. The van der Waals surface area contributed by atoms with Crippen LogP contribution in [0.2, 0.25) is 5.02 Å². The highest BCUT2D eigenvalue weighted by Gasteiger charge is 2.22. The Kier molecular flexibility index (Phi) is 6.31. The quantitative estimate of drug-likeness (QED) is 0.596. The third kappa shape index (κ3) is 4.58. The van der Waals surface area contributed by atoms with Crippen LogP contribution in [0.3, 0.4) is 0 Å². The first-order valence-corrected chi connectivity index (χ1v) is 9.81. The molecule has 0 unspecified atom stereocenters. The Labute approximate surface area is 168 Å². The predicted octanol–water partition coefficient (Wildman–Crippen LogP) is 4.10. The zero-order chi connectivity index (χ0) is 19.4. The molecule has 3 rings (SSSR count). The number of thiazole rings is 1. The summed E-state index contributed by atoms with van der Waals surface area (Å²) in [6, 6.07) is 13.3. The van der Waals surface area contributed by atoms with Gasteiger partial charge in [-0.15, -0.1) is 0 Å². The van der Waals surface area contributed by atoms with Crippen molar-refractivity contribution in [2.24, 2.45) is 0 Å². The highest BCUT2D eigenvalue weighted by Crippen LogP contribution is 2.38. The molecule has 0 saturated heterocycles. The average molecular weight is 404 g/mol. The number of amides is 1. The summed E-state index contributed by atoms with van der Waals surface area (Å²) in [5.74, 6) is 0.664. The van der Waals surface area contributed by atoms with Crippen molar-refractivity contribution in [1.82, 2.24) is 9.88 Å².